The van der Waals surface area contributed by atoms with Crippen LogP contribution in [0.5, 0.6) is 0 Å². The molecular formula is C33H68O8. The number of hydrogen-bond donors (Lipinski definition) is 4. The van der Waals surface area contributed by atoms with Gasteiger partial charge in [0.2, 0.25) is 0 Å². The van der Waals surface area contributed by atoms with E-state index in [4.69, 9.17) is 18.9 Å². The normalized spacial score (nSPS) is 18.1. The number of rotatable bonds is 20. The molecule has 0 heterocycles. The van der Waals surface area contributed by atoms with Crippen LogP contribution in [0.1, 0.15) is 109 Å². The first-order valence-corrected chi connectivity index (χ1v) is 15.5. The predicted octanol–water partition coefficient (Wildman–Crippen LogP) is 5.23. The molecule has 0 bridgehead atoms. The second kappa shape index (κ2) is 17.8. The third-order valence-corrected chi connectivity index (χ3v) is 6.59. The van der Waals surface area contributed by atoms with E-state index in [9.17, 15) is 20.4 Å². The maximum absolute atomic E-state index is 11.7. The van der Waals surface area contributed by atoms with Crippen LogP contribution in [0.4, 0.5) is 0 Å². The first-order valence-electron chi connectivity index (χ1n) is 15.5. The standard InChI is InChI=1S/C33H68O8/c1-29(2,3)21-38-17-13-25(34)33(26(35)14-18-39-22-30(4,5)6,27(36)15-19-40-23-31(7,8)9)28(37)16-20-41-24-32(10,11)12/h25-28,34-37H,13-24H2,1-12H3. The van der Waals surface area contributed by atoms with Gasteiger partial charge in [-0.05, 0) is 47.3 Å². The summed E-state index contributed by atoms with van der Waals surface area (Å²) < 4.78 is 23.3. The molecule has 4 atom stereocenters. The van der Waals surface area contributed by atoms with E-state index in [-0.39, 0.29) is 73.8 Å². The molecule has 0 aromatic heterocycles. The topological polar surface area (TPSA) is 118 Å². The van der Waals surface area contributed by atoms with Crippen molar-refractivity contribution < 1.29 is 39.4 Å². The molecule has 0 fully saturated rings. The van der Waals surface area contributed by atoms with E-state index in [1.165, 1.54) is 0 Å². The lowest BCUT2D eigenvalue weighted by Gasteiger charge is -2.48. The monoisotopic (exact) mass is 592 g/mol. The molecule has 0 aliphatic rings. The van der Waals surface area contributed by atoms with Crippen molar-refractivity contribution in [2.45, 2.75) is 133 Å². The number of aliphatic hydroxyl groups excluding tert-OH is 4. The maximum atomic E-state index is 11.7. The van der Waals surface area contributed by atoms with E-state index in [0.717, 1.165) is 0 Å². The van der Waals surface area contributed by atoms with Gasteiger partial charge in [0, 0.05) is 26.4 Å². The van der Waals surface area contributed by atoms with Gasteiger partial charge in [-0.25, -0.2) is 0 Å². The fourth-order valence-electron chi connectivity index (χ4n) is 4.63. The van der Waals surface area contributed by atoms with Crippen molar-refractivity contribution in [3.05, 3.63) is 0 Å². The van der Waals surface area contributed by atoms with Crippen LogP contribution in [0.2, 0.25) is 0 Å². The van der Waals surface area contributed by atoms with Crippen LogP contribution < -0.4 is 0 Å². The number of hydrogen-bond acceptors (Lipinski definition) is 8. The molecule has 8 heteroatoms. The molecule has 0 amide bonds. The van der Waals surface area contributed by atoms with Crippen molar-refractivity contribution in [1.82, 2.24) is 0 Å². The highest BCUT2D eigenvalue weighted by atomic mass is 16.5. The van der Waals surface area contributed by atoms with Gasteiger partial charge in [0.1, 0.15) is 0 Å². The zero-order chi connectivity index (χ0) is 32.1. The van der Waals surface area contributed by atoms with Crippen molar-refractivity contribution in [2.24, 2.45) is 27.1 Å². The molecule has 0 saturated heterocycles. The highest BCUT2D eigenvalue weighted by molar-refractivity contribution is 5.03. The molecule has 8 nitrogen and oxygen atoms in total. The quantitative estimate of drug-likeness (QED) is 0.142. The molecule has 0 saturated carbocycles. The van der Waals surface area contributed by atoms with Crippen LogP contribution in [0.3, 0.4) is 0 Å². The Morgan fingerprint density at radius 2 is 0.537 bits per heavy atom. The van der Waals surface area contributed by atoms with Gasteiger partial charge in [-0.2, -0.15) is 0 Å². The van der Waals surface area contributed by atoms with E-state index in [1.54, 1.807) is 0 Å². The van der Waals surface area contributed by atoms with Crippen LogP contribution >= 0.6 is 0 Å². The summed E-state index contributed by atoms with van der Waals surface area (Å²) in [5.41, 5.74) is -1.81. The van der Waals surface area contributed by atoms with Crippen molar-refractivity contribution in [2.75, 3.05) is 52.9 Å². The Labute approximate surface area is 252 Å². The Bertz CT molecular complexity index is 551. The Morgan fingerprint density at radius 3 is 0.683 bits per heavy atom. The second-order valence-corrected chi connectivity index (χ2v) is 16.7. The fourth-order valence-corrected chi connectivity index (χ4v) is 4.63. The fraction of sp³-hybridized carbons (Fsp3) is 1.00. The number of aliphatic hydroxyl groups is 4. The summed E-state index contributed by atoms with van der Waals surface area (Å²) in [4.78, 5) is 0. The lowest BCUT2D eigenvalue weighted by Crippen LogP contribution is -2.61. The first kappa shape index (κ1) is 40.7. The van der Waals surface area contributed by atoms with Crippen molar-refractivity contribution in [1.29, 1.82) is 0 Å². The Balaban J connectivity index is 6.02. The van der Waals surface area contributed by atoms with Gasteiger partial charge in [-0.15, -0.1) is 0 Å². The smallest absolute Gasteiger partial charge is 0.0743 e. The lowest BCUT2D eigenvalue weighted by molar-refractivity contribution is -0.209. The summed E-state index contributed by atoms with van der Waals surface area (Å²) in [6, 6.07) is 0. The minimum atomic E-state index is -1.65. The van der Waals surface area contributed by atoms with Gasteiger partial charge in [-0.3, -0.25) is 0 Å². The molecule has 41 heavy (non-hydrogen) atoms. The Hall–Kier alpha value is -0.320. The van der Waals surface area contributed by atoms with Crippen molar-refractivity contribution in [3.63, 3.8) is 0 Å². The molecular weight excluding hydrogens is 524 g/mol. The largest absolute Gasteiger partial charge is 0.392 e. The van der Waals surface area contributed by atoms with Gasteiger partial charge in [0.25, 0.3) is 0 Å². The lowest BCUT2D eigenvalue weighted by atomic mass is 9.64. The Morgan fingerprint density at radius 1 is 0.366 bits per heavy atom. The first-order chi connectivity index (χ1) is 18.5. The molecule has 0 spiro atoms. The summed E-state index contributed by atoms with van der Waals surface area (Å²) in [5.74, 6) is 0. The third kappa shape index (κ3) is 18.2. The summed E-state index contributed by atoms with van der Waals surface area (Å²) in [5, 5.41) is 46.7. The molecule has 4 unspecified atom stereocenters. The maximum Gasteiger partial charge on any atom is 0.0743 e. The Kier molecular flexibility index (Phi) is 17.7. The van der Waals surface area contributed by atoms with Gasteiger partial charge in [0.05, 0.1) is 56.3 Å². The van der Waals surface area contributed by atoms with Crippen LogP contribution in [0, 0.1) is 27.1 Å². The molecule has 248 valence electrons. The van der Waals surface area contributed by atoms with Gasteiger partial charge >= 0.3 is 0 Å². The van der Waals surface area contributed by atoms with Crippen LogP contribution in [-0.2, 0) is 18.9 Å². The second-order valence-electron chi connectivity index (χ2n) is 16.7. The molecule has 4 N–H and O–H groups in total. The van der Waals surface area contributed by atoms with Crippen LogP contribution in [-0.4, -0.2) is 97.7 Å². The SMILES string of the molecule is CC(C)(C)COCCC(O)C(C(O)CCOCC(C)(C)C)(C(O)CCOCC(C)(C)C)C(O)CCOCC(C)(C)C. The molecule has 0 aliphatic carbocycles. The van der Waals surface area contributed by atoms with Crippen LogP contribution in [0.15, 0.2) is 0 Å². The molecule has 0 rings (SSSR count). The van der Waals surface area contributed by atoms with Gasteiger partial charge in [0.15, 0.2) is 0 Å². The van der Waals surface area contributed by atoms with Gasteiger partial charge in [-0.1, -0.05) is 83.1 Å². The molecule has 0 aromatic rings. The molecule has 0 aliphatic heterocycles. The van der Waals surface area contributed by atoms with Gasteiger partial charge < -0.3 is 39.4 Å². The van der Waals surface area contributed by atoms with Crippen molar-refractivity contribution in [3.8, 4) is 0 Å². The number of ether oxygens (including phenoxy) is 4. The minimum Gasteiger partial charge on any atom is -0.392 e. The van der Waals surface area contributed by atoms with Crippen molar-refractivity contribution >= 4 is 0 Å². The zero-order valence-corrected chi connectivity index (χ0v) is 28.7. The summed E-state index contributed by atoms with van der Waals surface area (Å²) in [6.07, 6.45) is -4.37. The molecule has 0 radical (unpaired) electrons. The zero-order valence-electron chi connectivity index (χ0n) is 28.7. The van der Waals surface area contributed by atoms with E-state index in [1.807, 2.05) is 0 Å². The average Bonchev–Trinajstić information content (AvgIpc) is 2.78. The summed E-state index contributed by atoms with van der Waals surface area (Å²) in [6.45, 7) is 27.7. The van der Waals surface area contributed by atoms with E-state index >= 15 is 0 Å². The molecule has 0 aromatic carbocycles. The van der Waals surface area contributed by atoms with E-state index < -0.39 is 29.8 Å². The summed E-state index contributed by atoms with van der Waals surface area (Å²) in [7, 11) is 0. The highest BCUT2D eigenvalue weighted by Crippen LogP contribution is 2.41. The predicted molar refractivity (Wildman–Crippen MR) is 166 cm³/mol. The van der Waals surface area contributed by atoms with Crippen LogP contribution in [0.25, 0.3) is 0 Å². The summed E-state index contributed by atoms with van der Waals surface area (Å²) >= 11 is 0. The minimum absolute atomic E-state index is 0.0419. The highest BCUT2D eigenvalue weighted by Gasteiger charge is 2.54. The van der Waals surface area contributed by atoms with E-state index in [0.29, 0.717) is 26.4 Å². The average molecular weight is 593 g/mol. The third-order valence-electron chi connectivity index (χ3n) is 6.59. The van der Waals surface area contributed by atoms with E-state index in [2.05, 4.69) is 83.1 Å².